The molecule has 0 aromatic heterocycles. The molecule has 3 N–H and O–H groups in total. The van der Waals surface area contributed by atoms with E-state index in [1.54, 1.807) is 0 Å². The third-order valence-corrected chi connectivity index (χ3v) is 17.6. The zero-order valence-electron chi connectivity index (χ0n) is 55.9. The predicted octanol–water partition coefficient (Wildman–Crippen LogP) is 18.5. The van der Waals surface area contributed by atoms with Crippen molar-refractivity contribution in [2.24, 2.45) is 23.7 Å². The van der Waals surface area contributed by atoms with Crippen LogP contribution in [0.2, 0.25) is 0 Å². The van der Waals surface area contributed by atoms with Crippen LogP contribution in [0, 0.1) is 23.7 Å². The van der Waals surface area contributed by atoms with Crippen LogP contribution in [-0.2, 0) is 65.4 Å². The number of aliphatic hydroxyl groups is 1. The van der Waals surface area contributed by atoms with E-state index in [0.717, 1.165) is 102 Å². The molecule has 0 amide bonds. The number of carbonyl (C=O) groups excluding carboxylic acids is 4. The number of esters is 4. The normalized spacial score (nSPS) is 14.7. The molecule has 0 aromatic rings. The van der Waals surface area contributed by atoms with E-state index in [2.05, 4.69) is 55.4 Å². The molecule has 0 radical (unpaired) electrons. The summed E-state index contributed by atoms with van der Waals surface area (Å²) in [6.07, 6.45) is 38.0. The Morgan fingerprint density at radius 1 is 0.326 bits per heavy atom. The van der Waals surface area contributed by atoms with E-state index < -0.39 is 97.5 Å². The minimum Gasteiger partial charge on any atom is -0.462 e. The van der Waals surface area contributed by atoms with Crippen LogP contribution in [-0.4, -0.2) is 96.7 Å². The van der Waals surface area contributed by atoms with Gasteiger partial charge in [0, 0.05) is 25.7 Å². The molecule has 510 valence electrons. The van der Waals surface area contributed by atoms with Gasteiger partial charge in [-0.25, -0.2) is 9.13 Å². The molecule has 0 rings (SSSR count). The smallest absolute Gasteiger partial charge is 0.462 e. The minimum absolute atomic E-state index is 0.102. The Morgan fingerprint density at radius 2 is 0.558 bits per heavy atom. The molecule has 17 nitrogen and oxygen atoms in total. The second-order valence-corrected chi connectivity index (χ2v) is 28.8. The van der Waals surface area contributed by atoms with Crippen LogP contribution in [0.1, 0.15) is 325 Å². The van der Waals surface area contributed by atoms with Gasteiger partial charge in [0.2, 0.25) is 0 Å². The Morgan fingerprint density at radius 3 is 0.826 bits per heavy atom. The number of unbranched alkanes of at least 4 members (excludes halogenated alkanes) is 29. The average Bonchev–Trinajstić information content (AvgIpc) is 3.61. The molecule has 0 aliphatic heterocycles. The third kappa shape index (κ3) is 59.7. The highest BCUT2D eigenvalue weighted by Gasteiger charge is 2.30. The molecule has 0 aliphatic rings. The van der Waals surface area contributed by atoms with Crippen LogP contribution in [0.15, 0.2) is 0 Å². The monoisotopic (exact) mass is 1270 g/mol. The quantitative estimate of drug-likeness (QED) is 0.0222. The lowest BCUT2D eigenvalue weighted by Crippen LogP contribution is -2.30. The highest BCUT2D eigenvalue weighted by molar-refractivity contribution is 7.47. The van der Waals surface area contributed by atoms with Crippen LogP contribution in [0.3, 0.4) is 0 Å². The number of aliphatic hydroxyl groups excluding tert-OH is 1. The summed E-state index contributed by atoms with van der Waals surface area (Å²) in [5.74, 6) is 0.752. The molecule has 0 saturated carbocycles. The molecule has 0 fully saturated rings. The molecular formula is C67H130O17P2. The van der Waals surface area contributed by atoms with Gasteiger partial charge >= 0.3 is 39.5 Å². The van der Waals surface area contributed by atoms with Gasteiger partial charge < -0.3 is 33.8 Å². The number of phosphoric ester groups is 2. The van der Waals surface area contributed by atoms with Crippen molar-refractivity contribution in [2.45, 2.75) is 343 Å². The van der Waals surface area contributed by atoms with E-state index in [9.17, 15) is 43.2 Å². The molecule has 19 heteroatoms. The number of hydrogen-bond acceptors (Lipinski definition) is 15. The summed E-state index contributed by atoms with van der Waals surface area (Å²) in [5.41, 5.74) is 0. The number of carbonyl (C=O) groups is 4. The van der Waals surface area contributed by atoms with Gasteiger partial charge in [-0.05, 0) is 49.4 Å². The van der Waals surface area contributed by atoms with Crippen molar-refractivity contribution in [3.63, 3.8) is 0 Å². The highest BCUT2D eigenvalue weighted by atomic mass is 31.2. The molecule has 3 unspecified atom stereocenters. The van der Waals surface area contributed by atoms with Gasteiger partial charge in [-0.15, -0.1) is 0 Å². The maximum atomic E-state index is 13.0. The van der Waals surface area contributed by atoms with Crippen molar-refractivity contribution in [3.8, 4) is 0 Å². The van der Waals surface area contributed by atoms with E-state index in [1.807, 2.05) is 0 Å². The van der Waals surface area contributed by atoms with E-state index in [1.165, 1.54) is 122 Å². The van der Waals surface area contributed by atoms with Crippen LogP contribution >= 0.6 is 15.6 Å². The highest BCUT2D eigenvalue weighted by Crippen LogP contribution is 2.45. The Kier molecular flexibility index (Phi) is 55.7. The maximum absolute atomic E-state index is 13.0. The number of ether oxygens (including phenoxy) is 4. The van der Waals surface area contributed by atoms with E-state index in [-0.39, 0.29) is 25.7 Å². The molecule has 0 aliphatic carbocycles. The van der Waals surface area contributed by atoms with E-state index in [0.29, 0.717) is 43.4 Å². The molecular weight excluding hydrogens is 1140 g/mol. The van der Waals surface area contributed by atoms with Gasteiger partial charge in [0.25, 0.3) is 0 Å². The first-order valence-electron chi connectivity index (χ1n) is 34.7. The molecule has 0 saturated heterocycles. The average molecular weight is 1270 g/mol. The van der Waals surface area contributed by atoms with Crippen LogP contribution in [0.25, 0.3) is 0 Å². The lowest BCUT2D eigenvalue weighted by atomic mass is 9.99. The fourth-order valence-electron chi connectivity index (χ4n) is 9.93. The summed E-state index contributed by atoms with van der Waals surface area (Å²) in [7, 11) is -9.89. The molecule has 86 heavy (non-hydrogen) atoms. The number of phosphoric acid groups is 2. The van der Waals surface area contributed by atoms with Crippen molar-refractivity contribution < 1.29 is 80.2 Å². The topological polar surface area (TPSA) is 237 Å². The van der Waals surface area contributed by atoms with Gasteiger partial charge in [0.15, 0.2) is 12.2 Å². The predicted molar refractivity (Wildman–Crippen MR) is 344 cm³/mol. The third-order valence-electron chi connectivity index (χ3n) is 15.7. The van der Waals surface area contributed by atoms with Crippen LogP contribution in [0.4, 0.5) is 0 Å². The summed E-state index contributed by atoms with van der Waals surface area (Å²) in [4.78, 5) is 72.2. The van der Waals surface area contributed by atoms with Gasteiger partial charge in [-0.3, -0.25) is 37.3 Å². The lowest BCUT2D eigenvalue weighted by Gasteiger charge is -2.21. The zero-order valence-corrected chi connectivity index (χ0v) is 57.7. The van der Waals surface area contributed by atoms with Crippen molar-refractivity contribution in [2.75, 3.05) is 39.6 Å². The lowest BCUT2D eigenvalue weighted by molar-refractivity contribution is -0.161. The number of hydrogen-bond donors (Lipinski definition) is 3. The van der Waals surface area contributed by atoms with Gasteiger partial charge in [-0.1, -0.05) is 274 Å². The van der Waals surface area contributed by atoms with Gasteiger partial charge in [-0.2, -0.15) is 0 Å². The van der Waals surface area contributed by atoms with Crippen LogP contribution < -0.4 is 0 Å². The maximum Gasteiger partial charge on any atom is 0.472 e. The molecule has 6 atom stereocenters. The molecule has 0 heterocycles. The Balaban J connectivity index is 5.16. The summed E-state index contributed by atoms with van der Waals surface area (Å²) in [6, 6.07) is 0. The summed E-state index contributed by atoms with van der Waals surface area (Å²) in [6.45, 7) is 13.9. The first kappa shape index (κ1) is 84.1. The van der Waals surface area contributed by atoms with Gasteiger partial charge in [0.1, 0.15) is 19.3 Å². The standard InChI is InChI=1S/C67H130O17P2/c1-9-60(8)46-38-30-20-16-14-12-10-11-13-15-17-21-31-39-47-64(69)77-53-63(84-67(72)50-42-34-26-24-29-37-45-59(6)7)56-82-86(75,76)80-52-61(68)51-79-85(73,74)81-55-62(54-78-65(70)48-40-32-25-23-28-36-44-58(4)5)83-66(71)49-41-33-22-18-19-27-35-43-57(2)3/h57-63,68H,9-56H2,1-8H3,(H,73,74)(H,75,76)/t60?,61-,62+,63+/m0/s1. The summed E-state index contributed by atoms with van der Waals surface area (Å²) >= 11 is 0. The second-order valence-electron chi connectivity index (χ2n) is 25.9. The Bertz CT molecular complexity index is 1720. The fourth-order valence-corrected chi connectivity index (χ4v) is 11.5. The van der Waals surface area contributed by atoms with E-state index in [4.69, 9.17) is 37.0 Å². The molecule has 0 bridgehead atoms. The first-order chi connectivity index (χ1) is 41.1. The minimum atomic E-state index is -4.95. The first-order valence-corrected chi connectivity index (χ1v) is 37.7. The van der Waals surface area contributed by atoms with Crippen molar-refractivity contribution >= 4 is 39.5 Å². The van der Waals surface area contributed by atoms with Gasteiger partial charge in [0.05, 0.1) is 26.4 Å². The van der Waals surface area contributed by atoms with Crippen molar-refractivity contribution in [1.29, 1.82) is 0 Å². The molecule has 0 aromatic carbocycles. The summed E-state index contributed by atoms with van der Waals surface area (Å²) in [5, 5.41) is 10.5. The SMILES string of the molecule is CCC(C)CCCCCCCCCCCCCCCCC(=O)OC[C@H](COP(=O)(O)OC[C@@H](O)COP(=O)(O)OC[C@@H](COC(=O)CCCCCCCCC(C)C)OC(=O)CCCCCCCCCC(C)C)OC(=O)CCCCCCCCC(C)C. The Hall–Kier alpha value is -1.94. The fraction of sp³-hybridized carbons (Fsp3) is 0.940. The largest absolute Gasteiger partial charge is 0.472 e. The summed E-state index contributed by atoms with van der Waals surface area (Å²) < 4.78 is 68.0. The van der Waals surface area contributed by atoms with E-state index >= 15 is 0 Å². The van der Waals surface area contributed by atoms with Crippen molar-refractivity contribution in [1.82, 2.24) is 0 Å². The zero-order chi connectivity index (χ0) is 63.9. The van der Waals surface area contributed by atoms with Crippen LogP contribution in [0.5, 0.6) is 0 Å². The number of rotatable bonds is 64. The second kappa shape index (κ2) is 57.0. The molecule has 0 spiro atoms. The van der Waals surface area contributed by atoms with Crippen molar-refractivity contribution in [3.05, 3.63) is 0 Å². The Labute approximate surface area is 524 Å².